The average molecular weight is 375 g/mol. The van der Waals surface area contributed by atoms with Gasteiger partial charge in [-0.1, -0.05) is 6.07 Å². The molecule has 0 spiro atoms. The first-order valence-electron chi connectivity index (χ1n) is 8.61. The van der Waals surface area contributed by atoms with Crippen molar-refractivity contribution in [3.8, 4) is 5.69 Å². The average Bonchev–Trinajstić information content (AvgIpc) is 3.12. The van der Waals surface area contributed by atoms with Crippen LogP contribution in [-0.4, -0.2) is 37.2 Å². The molecule has 0 unspecified atom stereocenters. The highest BCUT2D eigenvalue weighted by Crippen LogP contribution is 2.16. The second-order valence-corrected chi connectivity index (χ2v) is 6.19. The van der Waals surface area contributed by atoms with Gasteiger partial charge < -0.3 is 9.30 Å². The van der Waals surface area contributed by atoms with Crippen LogP contribution in [0.5, 0.6) is 0 Å². The maximum Gasteiger partial charge on any atom is 0.337 e. The number of hydrogen-bond acceptors (Lipinski definition) is 6. The van der Waals surface area contributed by atoms with Crippen molar-refractivity contribution in [2.75, 3.05) is 7.11 Å². The molecule has 0 N–H and O–H groups in total. The zero-order chi connectivity index (χ0) is 19.7. The monoisotopic (exact) mass is 375 g/mol. The van der Waals surface area contributed by atoms with Crippen LogP contribution < -0.4 is 5.56 Å². The summed E-state index contributed by atoms with van der Waals surface area (Å²) in [5, 5.41) is 0. The molecule has 140 valence electrons. The molecule has 0 aliphatic rings. The SMILES string of the molecule is COC(=O)c1cccc(-n2c(=O)c(Cn3ccnc3C)nc3cccnc32)c1. The van der Waals surface area contributed by atoms with E-state index >= 15 is 0 Å². The van der Waals surface area contributed by atoms with Gasteiger partial charge in [0.1, 0.15) is 17.0 Å². The number of esters is 1. The first-order chi connectivity index (χ1) is 13.6. The zero-order valence-corrected chi connectivity index (χ0v) is 15.4. The number of rotatable bonds is 4. The Labute approximate surface area is 160 Å². The largest absolute Gasteiger partial charge is 0.465 e. The molecular formula is C20H17N5O3. The normalized spacial score (nSPS) is 10.9. The Morgan fingerprint density at radius 2 is 2.00 bits per heavy atom. The van der Waals surface area contributed by atoms with Gasteiger partial charge in [0.05, 0.1) is 24.9 Å². The number of carbonyl (C=O) groups is 1. The molecule has 3 heterocycles. The minimum atomic E-state index is -0.476. The van der Waals surface area contributed by atoms with E-state index in [9.17, 15) is 9.59 Å². The summed E-state index contributed by atoms with van der Waals surface area (Å²) in [5.41, 5.74) is 1.91. The predicted octanol–water partition coefficient (Wildman–Crippen LogP) is 2.12. The fraction of sp³-hybridized carbons (Fsp3) is 0.150. The number of ether oxygens (including phenoxy) is 1. The van der Waals surface area contributed by atoms with Gasteiger partial charge in [-0.2, -0.15) is 0 Å². The van der Waals surface area contributed by atoms with Gasteiger partial charge in [-0.15, -0.1) is 0 Å². The maximum absolute atomic E-state index is 13.3. The number of aryl methyl sites for hydroxylation is 1. The van der Waals surface area contributed by atoms with Gasteiger partial charge in [-0.25, -0.2) is 19.7 Å². The summed E-state index contributed by atoms with van der Waals surface area (Å²) in [5.74, 6) is 0.308. The molecule has 28 heavy (non-hydrogen) atoms. The van der Waals surface area contributed by atoms with Crippen molar-refractivity contribution in [1.29, 1.82) is 0 Å². The van der Waals surface area contributed by atoms with Gasteiger partial charge in [0.25, 0.3) is 5.56 Å². The van der Waals surface area contributed by atoms with Crippen molar-refractivity contribution in [3.63, 3.8) is 0 Å². The number of hydrogen-bond donors (Lipinski definition) is 0. The summed E-state index contributed by atoms with van der Waals surface area (Å²) in [6.45, 7) is 2.15. The van der Waals surface area contributed by atoms with E-state index in [4.69, 9.17) is 4.74 Å². The van der Waals surface area contributed by atoms with Crippen molar-refractivity contribution in [2.24, 2.45) is 0 Å². The summed E-state index contributed by atoms with van der Waals surface area (Å²) in [6.07, 6.45) is 5.08. The summed E-state index contributed by atoms with van der Waals surface area (Å²) in [6, 6.07) is 10.2. The first-order valence-corrected chi connectivity index (χ1v) is 8.61. The number of imidazole rings is 1. The van der Waals surface area contributed by atoms with Gasteiger partial charge in [-0.05, 0) is 37.3 Å². The minimum Gasteiger partial charge on any atom is -0.465 e. The summed E-state index contributed by atoms with van der Waals surface area (Å²) >= 11 is 0. The van der Waals surface area contributed by atoms with E-state index in [0.717, 1.165) is 5.82 Å². The number of benzene rings is 1. The van der Waals surface area contributed by atoms with Crippen LogP contribution in [0.25, 0.3) is 16.9 Å². The molecule has 0 radical (unpaired) electrons. The van der Waals surface area contributed by atoms with Crippen LogP contribution in [0.3, 0.4) is 0 Å². The molecular weight excluding hydrogens is 358 g/mol. The molecule has 1 aromatic carbocycles. The lowest BCUT2D eigenvalue weighted by atomic mass is 10.2. The second kappa shape index (κ2) is 7.07. The van der Waals surface area contributed by atoms with Crippen LogP contribution in [0, 0.1) is 6.92 Å². The molecule has 0 saturated heterocycles. The summed E-state index contributed by atoms with van der Waals surface area (Å²) < 4.78 is 8.10. The third-order valence-electron chi connectivity index (χ3n) is 4.45. The van der Waals surface area contributed by atoms with Crippen LogP contribution in [0.15, 0.2) is 59.8 Å². The number of pyridine rings is 1. The highest BCUT2D eigenvalue weighted by molar-refractivity contribution is 5.90. The number of methoxy groups -OCH3 is 1. The number of aromatic nitrogens is 5. The lowest BCUT2D eigenvalue weighted by Crippen LogP contribution is -2.27. The third-order valence-corrected chi connectivity index (χ3v) is 4.45. The van der Waals surface area contributed by atoms with Gasteiger partial charge >= 0.3 is 5.97 Å². The van der Waals surface area contributed by atoms with E-state index in [-0.39, 0.29) is 12.1 Å². The maximum atomic E-state index is 13.3. The number of carbonyl (C=O) groups excluding carboxylic acids is 1. The minimum absolute atomic E-state index is 0.284. The Bertz CT molecular complexity index is 1240. The highest BCUT2D eigenvalue weighted by atomic mass is 16.5. The Morgan fingerprint density at radius 1 is 1.14 bits per heavy atom. The van der Waals surface area contributed by atoms with Crippen molar-refractivity contribution < 1.29 is 9.53 Å². The molecule has 0 aliphatic carbocycles. The van der Waals surface area contributed by atoms with E-state index in [1.165, 1.54) is 11.7 Å². The predicted molar refractivity (Wildman–Crippen MR) is 103 cm³/mol. The molecule has 0 amide bonds. The molecule has 0 bridgehead atoms. The van der Waals surface area contributed by atoms with Crippen LogP contribution in [0.4, 0.5) is 0 Å². The molecule has 0 saturated carbocycles. The smallest absolute Gasteiger partial charge is 0.337 e. The van der Waals surface area contributed by atoms with E-state index in [1.54, 1.807) is 55.0 Å². The van der Waals surface area contributed by atoms with E-state index < -0.39 is 5.97 Å². The quantitative estimate of drug-likeness (QED) is 0.508. The van der Waals surface area contributed by atoms with Crippen LogP contribution in [0.1, 0.15) is 21.9 Å². The fourth-order valence-corrected chi connectivity index (χ4v) is 3.03. The summed E-state index contributed by atoms with van der Waals surface area (Å²) in [4.78, 5) is 38.2. The number of fused-ring (bicyclic) bond motifs is 1. The van der Waals surface area contributed by atoms with Gasteiger partial charge in [0.2, 0.25) is 0 Å². The second-order valence-electron chi connectivity index (χ2n) is 6.19. The van der Waals surface area contributed by atoms with E-state index in [1.807, 2.05) is 11.5 Å². The molecule has 3 aromatic heterocycles. The molecule has 0 aliphatic heterocycles. The molecule has 8 nitrogen and oxygen atoms in total. The van der Waals surface area contributed by atoms with Crippen molar-refractivity contribution in [1.82, 2.24) is 24.1 Å². The first kappa shape index (κ1) is 17.6. The Balaban J connectivity index is 1.95. The van der Waals surface area contributed by atoms with Crippen LogP contribution in [0.2, 0.25) is 0 Å². The van der Waals surface area contributed by atoms with Crippen LogP contribution >= 0.6 is 0 Å². The Hall–Kier alpha value is -3.81. The Morgan fingerprint density at radius 3 is 2.75 bits per heavy atom. The molecule has 0 atom stereocenters. The van der Waals surface area contributed by atoms with Gasteiger partial charge in [0.15, 0.2) is 5.65 Å². The van der Waals surface area contributed by atoms with Crippen LogP contribution in [-0.2, 0) is 11.3 Å². The zero-order valence-electron chi connectivity index (χ0n) is 15.4. The highest BCUT2D eigenvalue weighted by Gasteiger charge is 2.16. The lowest BCUT2D eigenvalue weighted by molar-refractivity contribution is 0.0600. The standard InChI is InChI=1S/C20H17N5O3/c1-13-21-9-10-24(13)12-17-19(26)25(18-16(23-17)7-4-8-22-18)15-6-3-5-14(11-15)20(27)28-2/h3-11H,12H2,1-2H3. The number of nitrogens with zero attached hydrogens (tertiary/aromatic N) is 5. The Kier molecular flexibility index (Phi) is 4.44. The van der Waals surface area contributed by atoms with Crippen molar-refractivity contribution in [2.45, 2.75) is 13.5 Å². The van der Waals surface area contributed by atoms with Crippen molar-refractivity contribution >= 4 is 17.1 Å². The molecule has 4 aromatic rings. The molecule has 8 heteroatoms. The molecule has 0 fully saturated rings. The van der Waals surface area contributed by atoms with Gasteiger partial charge in [0, 0.05) is 18.6 Å². The third kappa shape index (κ3) is 3.05. The fourth-order valence-electron chi connectivity index (χ4n) is 3.03. The molecule has 4 rings (SSSR count). The topological polar surface area (TPSA) is 91.9 Å². The summed E-state index contributed by atoms with van der Waals surface area (Å²) in [7, 11) is 1.32. The lowest BCUT2D eigenvalue weighted by Gasteiger charge is -2.13. The van der Waals surface area contributed by atoms with Crippen molar-refractivity contribution in [3.05, 3.63) is 82.4 Å². The van der Waals surface area contributed by atoms with Gasteiger partial charge in [-0.3, -0.25) is 9.36 Å². The van der Waals surface area contributed by atoms with E-state index in [0.29, 0.717) is 28.1 Å². The van der Waals surface area contributed by atoms with E-state index in [2.05, 4.69) is 15.0 Å².